The first-order valence-electron chi connectivity index (χ1n) is 9.97. The second-order valence-electron chi connectivity index (χ2n) is 8.34. The van der Waals surface area contributed by atoms with Crippen LogP contribution in [0.5, 0.6) is 0 Å². The molecule has 8 heteroatoms. The Kier molecular flexibility index (Phi) is 7.25. The van der Waals surface area contributed by atoms with Crippen LogP contribution in [0.3, 0.4) is 0 Å². The van der Waals surface area contributed by atoms with Gasteiger partial charge >= 0.3 is 0 Å². The van der Waals surface area contributed by atoms with E-state index >= 15 is 0 Å². The third-order valence-electron chi connectivity index (χ3n) is 4.85. The van der Waals surface area contributed by atoms with Gasteiger partial charge in [-0.2, -0.15) is 4.72 Å². The normalized spacial score (nSPS) is 13.0. The van der Waals surface area contributed by atoms with E-state index in [0.717, 1.165) is 16.8 Å². The van der Waals surface area contributed by atoms with Crippen LogP contribution in [0.4, 0.5) is 0 Å². The standard InChI is InChI=1S/C23H27N3O3S2/c1-23(2,3)18-9-11-20(12-10-18)31(28,29)26-21(13-17-7-5-4-6-8-17)22(27)24-14-19-15-30-16-25-19/h4-12,15-16,21,26H,13-14H2,1-3H3,(H,24,27). The first-order valence-corrected chi connectivity index (χ1v) is 12.4. The Balaban J connectivity index is 1.79. The molecule has 31 heavy (non-hydrogen) atoms. The predicted octanol–water partition coefficient (Wildman–Crippen LogP) is 3.65. The Morgan fingerprint density at radius 2 is 1.74 bits per heavy atom. The number of amides is 1. The van der Waals surface area contributed by atoms with Crippen molar-refractivity contribution < 1.29 is 13.2 Å². The zero-order valence-corrected chi connectivity index (χ0v) is 19.5. The van der Waals surface area contributed by atoms with E-state index in [1.165, 1.54) is 11.3 Å². The number of sulfonamides is 1. The topological polar surface area (TPSA) is 88.2 Å². The highest BCUT2D eigenvalue weighted by atomic mass is 32.2. The molecule has 0 saturated heterocycles. The second-order valence-corrected chi connectivity index (χ2v) is 10.8. The van der Waals surface area contributed by atoms with Crippen molar-refractivity contribution in [2.24, 2.45) is 0 Å². The van der Waals surface area contributed by atoms with Gasteiger partial charge in [-0.3, -0.25) is 4.79 Å². The summed E-state index contributed by atoms with van der Waals surface area (Å²) < 4.78 is 28.6. The number of nitrogens with one attached hydrogen (secondary N) is 2. The minimum Gasteiger partial charge on any atom is -0.349 e. The van der Waals surface area contributed by atoms with Gasteiger partial charge < -0.3 is 5.32 Å². The molecule has 1 heterocycles. The van der Waals surface area contributed by atoms with E-state index in [1.807, 2.05) is 47.8 Å². The van der Waals surface area contributed by atoms with Gasteiger partial charge in [-0.05, 0) is 35.1 Å². The van der Waals surface area contributed by atoms with E-state index < -0.39 is 22.0 Å². The van der Waals surface area contributed by atoms with Crippen LogP contribution in [0.1, 0.15) is 37.6 Å². The minimum atomic E-state index is -3.88. The lowest BCUT2D eigenvalue weighted by atomic mass is 9.87. The summed E-state index contributed by atoms with van der Waals surface area (Å²) in [5, 5.41) is 4.63. The summed E-state index contributed by atoms with van der Waals surface area (Å²) in [5.41, 5.74) is 4.24. The predicted molar refractivity (Wildman–Crippen MR) is 123 cm³/mol. The van der Waals surface area contributed by atoms with Gasteiger partial charge in [-0.25, -0.2) is 13.4 Å². The summed E-state index contributed by atoms with van der Waals surface area (Å²) in [7, 11) is -3.88. The molecule has 1 amide bonds. The largest absolute Gasteiger partial charge is 0.349 e. The molecule has 164 valence electrons. The highest BCUT2D eigenvalue weighted by Crippen LogP contribution is 2.23. The molecule has 6 nitrogen and oxygen atoms in total. The number of carbonyl (C=O) groups excluding carboxylic acids is 1. The molecular formula is C23H27N3O3S2. The Hall–Kier alpha value is -2.55. The van der Waals surface area contributed by atoms with E-state index in [9.17, 15) is 13.2 Å². The van der Waals surface area contributed by atoms with Crippen molar-refractivity contribution in [3.8, 4) is 0 Å². The fourth-order valence-corrected chi connectivity index (χ4v) is 4.81. The monoisotopic (exact) mass is 457 g/mol. The van der Waals surface area contributed by atoms with Crippen LogP contribution in [0, 0.1) is 0 Å². The van der Waals surface area contributed by atoms with E-state index in [2.05, 4.69) is 35.8 Å². The highest BCUT2D eigenvalue weighted by Gasteiger charge is 2.26. The average molecular weight is 458 g/mol. The molecule has 0 aliphatic rings. The Bertz CT molecular complexity index is 1090. The molecule has 0 fully saturated rings. The van der Waals surface area contributed by atoms with Gasteiger partial charge in [-0.15, -0.1) is 11.3 Å². The summed E-state index contributed by atoms with van der Waals surface area (Å²) in [6.07, 6.45) is 0.239. The fraction of sp³-hybridized carbons (Fsp3) is 0.304. The zero-order valence-electron chi connectivity index (χ0n) is 17.8. The Labute approximate surface area is 187 Å². The van der Waals surface area contributed by atoms with Gasteiger partial charge in [0.15, 0.2) is 0 Å². The van der Waals surface area contributed by atoms with Crippen LogP contribution in [-0.2, 0) is 33.2 Å². The number of rotatable bonds is 8. The summed E-state index contributed by atoms with van der Waals surface area (Å²) in [5.74, 6) is -0.397. The third-order valence-corrected chi connectivity index (χ3v) is 6.98. The molecule has 2 aromatic carbocycles. The quantitative estimate of drug-likeness (QED) is 0.540. The number of nitrogens with zero attached hydrogens (tertiary/aromatic N) is 1. The van der Waals surface area contributed by atoms with Crippen molar-refractivity contribution in [2.75, 3.05) is 0 Å². The van der Waals surface area contributed by atoms with Crippen LogP contribution < -0.4 is 10.0 Å². The third kappa shape index (κ3) is 6.46. The number of thiazole rings is 1. The summed E-state index contributed by atoms with van der Waals surface area (Å²) in [6.45, 7) is 6.45. The maximum atomic E-state index is 13.0. The molecule has 1 aromatic heterocycles. The van der Waals surface area contributed by atoms with E-state index in [1.54, 1.807) is 17.6 Å². The van der Waals surface area contributed by atoms with E-state index in [-0.39, 0.29) is 23.3 Å². The summed E-state index contributed by atoms with van der Waals surface area (Å²) >= 11 is 1.44. The number of carbonyl (C=O) groups is 1. The molecule has 0 bridgehead atoms. The van der Waals surface area contributed by atoms with Crippen LogP contribution in [0.25, 0.3) is 0 Å². The van der Waals surface area contributed by atoms with Gasteiger partial charge in [0.05, 0.1) is 22.6 Å². The number of hydrogen-bond donors (Lipinski definition) is 2. The van der Waals surface area contributed by atoms with Crippen molar-refractivity contribution in [1.29, 1.82) is 0 Å². The Morgan fingerprint density at radius 1 is 1.06 bits per heavy atom. The van der Waals surface area contributed by atoms with E-state index in [0.29, 0.717) is 0 Å². The molecular weight excluding hydrogens is 430 g/mol. The molecule has 0 radical (unpaired) electrons. The highest BCUT2D eigenvalue weighted by molar-refractivity contribution is 7.89. The first-order chi connectivity index (χ1) is 14.6. The minimum absolute atomic E-state index is 0.0822. The molecule has 2 N–H and O–H groups in total. The Morgan fingerprint density at radius 3 is 2.32 bits per heavy atom. The maximum absolute atomic E-state index is 13.0. The molecule has 3 rings (SSSR count). The molecule has 1 unspecified atom stereocenters. The van der Waals surface area contributed by atoms with Crippen molar-refractivity contribution in [3.63, 3.8) is 0 Å². The number of hydrogen-bond acceptors (Lipinski definition) is 5. The van der Waals surface area contributed by atoms with E-state index in [4.69, 9.17) is 0 Å². The smallest absolute Gasteiger partial charge is 0.241 e. The lowest BCUT2D eigenvalue weighted by Gasteiger charge is -2.21. The maximum Gasteiger partial charge on any atom is 0.241 e. The molecule has 3 aromatic rings. The second kappa shape index (κ2) is 9.72. The van der Waals surface area contributed by atoms with Gasteiger partial charge in [0.2, 0.25) is 15.9 Å². The van der Waals surface area contributed by atoms with Crippen LogP contribution in [-0.4, -0.2) is 25.4 Å². The summed E-state index contributed by atoms with van der Waals surface area (Å²) in [6, 6.07) is 15.2. The zero-order chi connectivity index (χ0) is 22.5. The molecule has 0 aliphatic heterocycles. The van der Waals surface area contributed by atoms with Crippen LogP contribution in [0.15, 0.2) is 70.4 Å². The van der Waals surface area contributed by atoms with Crippen molar-refractivity contribution in [3.05, 3.63) is 82.3 Å². The van der Waals surface area contributed by atoms with Crippen molar-refractivity contribution in [2.45, 2.75) is 50.1 Å². The molecule has 1 atom stereocenters. The lowest BCUT2D eigenvalue weighted by Crippen LogP contribution is -2.47. The summed E-state index contributed by atoms with van der Waals surface area (Å²) in [4.78, 5) is 17.2. The van der Waals surface area contributed by atoms with Crippen LogP contribution >= 0.6 is 11.3 Å². The van der Waals surface area contributed by atoms with Crippen molar-refractivity contribution in [1.82, 2.24) is 15.0 Å². The molecule has 0 aliphatic carbocycles. The van der Waals surface area contributed by atoms with Crippen LogP contribution in [0.2, 0.25) is 0 Å². The number of benzene rings is 2. The molecule has 0 saturated carbocycles. The first kappa shape index (κ1) is 23.1. The van der Waals surface area contributed by atoms with Crippen molar-refractivity contribution >= 4 is 27.3 Å². The SMILES string of the molecule is CC(C)(C)c1ccc(S(=O)(=O)NC(Cc2ccccc2)C(=O)NCc2cscn2)cc1. The van der Waals surface area contributed by atoms with Gasteiger partial charge in [0.25, 0.3) is 0 Å². The average Bonchev–Trinajstić information content (AvgIpc) is 3.25. The molecule has 0 spiro atoms. The van der Waals surface area contributed by atoms with Gasteiger partial charge in [-0.1, -0.05) is 63.2 Å². The lowest BCUT2D eigenvalue weighted by molar-refractivity contribution is -0.122. The number of aromatic nitrogens is 1. The fourth-order valence-electron chi connectivity index (χ4n) is 3.05. The van der Waals surface area contributed by atoms with Gasteiger partial charge in [0, 0.05) is 5.38 Å². The van der Waals surface area contributed by atoms with Gasteiger partial charge in [0.1, 0.15) is 6.04 Å².